The number of nitrogens with one attached hydrogen (secondary N) is 1. The standard InChI is InChI=1S/C22H30N2/c1-18-6-10-20(11-7-18)16-23-17-22(24-14-4-3-5-15-24)21-12-8-19(2)9-13-21/h6-13,22-23H,3-5,14-17H2,1-2H3. The van der Waals surface area contributed by atoms with Crippen LogP contribution in [0.4, 0.5) is 0 Å². The van der Waals surface area contributed by atoms with Crippen molar-refractivity contribution in [3.8, 4) is 0 Å². The molecule has 1 N–H and O–H groups in total. The van der Waals surface area contributed by atoms with Crippen molar-refractivity contribution >= 4 is 0 Å². The fraction of sp³-hybridized carbons (Fsp3) is 0.455. The van der Waals surface area contributed by atoms with Crippen molar-refractivity contribution in [3.63, 3.8) is 0 Å². The number of aryl methyl sites for hydroxylation is 2. The second kappa shape index (κ2) is 8.46. The molecule has 1 atom stereocenters. The fourth-order valence-corrected chi connectivity index (χ4v) is 3.54. The van der Waals surface area contributed by atoms with Crippen molar-refractivity contribution in [1.82, 2.24) is 10.2 Å². The van der Waals surface area contributed by atoms with Crippen LogP contribution < -0.4 is 5.32 Å². The van der Waals surface area contributed by atoms with Crippen molar-refractivity contribution in [2.75, 3.05) is 19.6 Å². The molecule has 1 aliphatic heterocycles. The highest BCUT2D eigenvalue weighted by Gasteiger charge is 2.21. The van der Waals surface area contributed by atoms with Gasteiger partial charge in [-0.15, -0.1) is 0 Å². The summed E-state index contributed by atoms with van der Waals surface area (Å²) in [6.07, 6.45) is 4.05. The highest BCUT2D eigenvalue weighted by molar-refractivity contribution is 5.25. The van der Waals surface area contributed by atoms with Crippen molar-refractivity contribution in [3.05, 3.63) is 70.8 Å². The first-order valence-electron chi connectivity index (χ1n) is 9.29. The first-order chi connectivity index (χ1) is 11.7. The predicted octanol–water partition coefficient (Wildman–Crippen LogP) is 4.62. The largest absolute Gasteiger partial charge is 0.311 e. The van der Waals surface area contributed by atoms with Gasteiger partial charge in [0.2, 0.25) is 0 Å². The maximum atomic E-state index is 3.69. The van der Waals surface area contributed by atoms with E-state index < -0.39 is 0 Å². The molecule has 1 aliphatic rings. The Hall–Kier alpha value is -1.64. The second-order valence-electron chi connectivity index (χ2n) is 7.14. The quantitative estimate of drug-likeness (QED) is 0.835. The lowest BCUT2D eigenvalue weighted by Crippen LogP contribution is -2.39. The fourth-order valence-electron chi connectivity index (χ4n) is 3.54. The molecule has 0 bridgehead atoms. The summed E-state index contributed by atoms with van der Waals surface area (Å²) in [7, 11) is 0. The van der Waals surface area contributed by atoms with Gasteiger partial charge >= 0.3 is 0 Å². The molecule has 1 fully saturated rings. The normalized spacial score (nSPS) is 16.9. The minimum absolute atomic E-state index is 0.483. The van der Waals surface area contributed by atoms with Gasteiger partial charge in [-0.3, -0.25) is 4.90 Å². The monoisotopic (exact) mass is 322 g/mol. The molecule has 2 nitrogen and oxygen atoms in total. The summed E-state index contributed by atoms with van der Waals surface area (Å²) in [5.41, 5.74) is 5.47. The van der Waals surface area contributed by atoms with E-state index in [4.69, 9.17) is 0 Å². The van der Waals surface area contributed by atoms with E-state index in [0.717, 1.165) is 13.1 Å². The maximum Gasteiger partial charge on any atom is 0.0472 e. The zero-order valence-corrected chi connectivity index (χ0v) is 15.1. The number of likely N-dealkylation sites (tertiary alicyclic amines) is 1. The summed E-state index contributed by atoms with van der Waals surface area (Å²) in [5, 5.41) is 3.69. The van der Waals surface area contributed by atoms with Gasteiger partial charge in [0.15, 0.2) is 0 Å². The van der Waals surface area contributed by atoms with Gasteiger partial charge in [0.05, 0.1) is 0 Å². The molecule has 0 amide bonds. The molecule has 24 heavy (non-hydrogen) atoms. The van der Waals surface area contributed by atoms with Crippen molar-refractivity contribution in [2.45, 2.75) is 45.7 Å². The van der Waals surface area contributed by atoms with Crippen molar-refractivity contribution in [2.24, 2.45) is 0 Å². The van der Waals surface area contributed by atoms with Crippen LogP contribution in [0, 0.1) is 13.8 Å². The van der Waals surface area contributed by atoms with Gasteiger partial charge in [-0.1, -0.05) is 66.1 Å². The van der Waals surface area contributed by atoms with Crippen LogP contribution in [0.1, 0.15) is 47.6 Å². The Kier molecular flexibility index (Phi) is 6.06. The van der Waals surface area contributed by atoms with Crippen molar-refractivity contribution < 1.29 is 0 Å². The molecule has 1 saturated heterocycles. The number of nitrogens with zero attached hydrogens (tertiary/aromatic N) is 1. The Labute approximate surface area is 146 Å². The molecule has 1 unspecified atom stereocenters. The zero-order valence-electron chi connectivity index (χ0n) is 15.1. The van der Waals surface area contributed by atoms with Crippen LogP contribution in [-0.2, 0) is 6.54 Å². The topological polar surface area (TPSA) is 15.3 Å². The lowest BCUT2D eigenvalue weighted by molar-refractivity contribution is 0.160. The van der Waals surface area contributed by atoms with E-state index in [-0.39, 0.29) is 0 Å². The second-order valence-corrected chi connectivity index (χ2v) is 7.14. The van der Waals surface area contributed by atoms with Gasteiger partial charge in [-0.2, -0.15) is 0 Å². The average Bonchev–Trinajstić information content (AvgIpc) is 2.62. The number of hydrogen-bond acceptors (Lipinski definition) is 2. The van der Waals surface area contributed by atoms with Crippen LogP contribution in [-0.4, -0.2) is 24.5 Å². The van der Waals surface area contributed by atoms with Crippen molar-refractivity contribution in [1.29, 1.82) is 0 Å². The van der Waals surface area contributed by atoms with E-state index in [1.54, 1.807) is 0 Å². The van der Waals surface area contributed by atoms with E-state index in [2.05, 4.69) is 72.6 Å². The van der Waals surface area contributed by atoms with E-state index in [0.29, 0.717) is 6.04 Å². The highest BCUT2D eigenvalue weighted by Crippen LogP contribution is 2.24. The molecule has 1 heterocycles. The predicted molar refractivity (Wildman–Crippen MR) is 102 cm³/mol. The lowest BCUT2D eigenvalue weighted by Gasteiger charge is -2.35. The molecule has 0 aliphatic carbocycles. The van der Waals surface area contributed by atoms with E-state index in [1.807, 2.05) is 0 Å². The minimum Gasteiger partial charge on any atom is -0.311 e. The third-order valence-electron chi connectivity index (χ3n) is 5.08. The van der Waals surface area contributed by atoms with Gasteiger partial charge in [0.25, 0.3) is 0 Å². The van der Waals surface area contributed by atoms with Crippen LogP contribution >= 0.6 is 0 Å². The highest BCUT2D eigenvalue weighted by atomic mass is 15.2. The Bertz CT molecular complexity index is 609. The van der Waals surface area contributed by atoms with Crippen LogP contribution in [0.5, 0.6) is 0 Å². The summed E-state index contributed by atoms with van der Waals surface area (Å²) >= 11 is 0. The lowest BCUT2D eigenvalue weighted by atomic mass is 10.0. The summed E-state index contributed by atoms with van der Waals surface area (Å²) < 4.78 is 0. The number of rotatable bonds is 6. The Balaban J connectivity index is 1.65. The molecule has 2 aromatic rings. The summed E-state index contributed by atoms with van der Waals surface area (Å²) in [5.74, 6) is 0. The van der Waals surface area contributed by atoms with Gasteiger partial charge in [-0.05, 0) is 50.9 Å². The molecule has 3 rings (SSSR count). The molecular weight excluding hydrogens is 292 g/mol. The molecule has 2 aromatic carbocycles. The zero-order chi connectivity index (χ0) is 16.8. The van der Waals surface area contributed by atoms with Crippen LogP contribution in [0.3, 0.4) is 0 Å². The number of piperidine rings is 1. The Morgan fingerprint density at radius 2 is 1.42 bits per heavy atom. The van der Waals surface area contributed by atoms with E-state index in [1.165, 1.54) is 54.6 Å². The third kappa shape index (κ3) is 4.68. The molecule has 0 radical (unpaired) electrons. The van der Waals surface area contributed by atoms with Crippen LogP contribution in [0.25, 0.3) is 0 Å². The maximum absolute atomic E-state index is 3.69. The molecule has 128 valence electrons. The van der Waals surface area contributed by atoms with Gasteiger partial charge in [0.1, 0.15) is 0 Å². The first kappa shape index (κ1) is 17.2. The minimum atomic E-state index is 0.483. The Morgan fingerprint density at radius 1 is 0.833 bits per heavy atom. The number of benzene rings is 2. The first-order valence-corrected chi connectivity index (χ1v) is 9.29. The number of hydrogen-bond donors (Lipinski definition) is 1. The smallest absolute Gasteiger partial charge is 0.0472 e. The van der Waals surface area contributed by atoms with E-state index >= 15 is 0 Å². The summed E-state index contributed by atoms with van der Waals surface area (Å²) in [6.45, 7) is 8.71. The molecule has 0 aromatic heterocycles. The SMILES string of the molecule is Cc1ccc(CNCC(c2ccc(C)cc2)N2CCCCC2)cc1. The molecule has 0 spiro atoms. The third-order valence-corrected chi connectivity index (χ3v) is 5.08. The average molecular weight is 322 g/mol. The summed E-state index contributed by atoms with van der Waals surface area (Å²) in [4.78, 5) is 2.66. The molecule has 2 heteroatoms. The molecular formula is C22H30N2. The summed E-state index contributed by atoms with van der Waals surface area (Å²) in [6, 6.07) is 18.4. The molecule has 0 saturated carbocycles. The van der Waals surface area contributed by atoms with Gasteiger partial charge in [0, 0.05) is 19.1 Å². The van der Waals surface area contributed by atoms with Crippen LogP contribution in [0.15, 0.2) is 48.5 Å². The van der Waals surface area contributed by atoms with E-state index in [9.17, 15) is 0 Å². The van der Waals surface area contributed by atoms with Gasteiger partial charge < -0.3 is 5.32 Å². The van der Waals surface area contributed by atoms with Crippen LogP contribution in [0.2, 0.25) is 0 Å². The van der Waals surface area contributed by atoms with Gasteiger partial charge in [-0.25, -0.2) is 0 Å². The Morgan fingerprint density at radius 3 is 2.04 bits per heavy atom.